The highest BCUT2D eigenvalue weighted by Gasteiger charge is 2.28. The molecule has 1 unspecified atom stereocenters. The van der Waals surface area contributed by atoms with Gasteiger partial charge in [-0.1, -0.05) is 0 Å². The Hall–Kier alpha value is -2.34. The highest BCUT2D eigenvalue weighted by molar-refractivity contribution is 5.94. The largest absolute Gasteiger partial charge is 0.463 e. The average Bonchev–Trinajstić information content (AvgIpc) is 3.24. The van der Waals surface area contributed by atoms with Crippen molar-refractivity contribution >= 4 is 11.6 Å². The third-order valence-corrected chi connectivity index (χ3v) is 4.52. The summed E-state index contributed by atoms with van der Waals surface area (Å²) in [7, 11) is 0. The van der Waals surface area contributed by atoms with E-state index in [9.17, 15) is 14.3 Å². The number of aliphatic hydroxyl groups is 1. The van der Waals surface area contributed by atoms with E-state index in [4.69, 9.17) is 4.42 Å². The standard InChI is InChI=1S/C19H23FN2O3/c1-13-5-8-17(25-13)19(2,24)12-21-18(23)14-6-7-16(15(20)11-14)22-9-3-4-10-22/h5-8,11,24H,3-4,9-10,12H2,1-2H3,(H,21,23). The summed E-state index contributed by atoms with van der Waals surface area (Å²) in [4.78, 5) is 14.3. The first-order chi connectivity index (χ1) is 11.9. The van der Waals surface area contributed by atoms with Crippen LogP contribution in [0.25, 0.3) is 0 Å². The highest BCUT2D eigenvalue weighted by atomic mass is 19.1. The van der Waals surface area contributed by atoms with Gasteiger partial charge in [-0.25, -0.2) is 4.39 Å². The van der Waals surface area contributed by atoms with Crippen molar-refractivity contribution in [1.29, 1.82) is 0 Å². The summed E-state index contributed by atoms with van der Waals surface area (Å²) in [5.41, 5.74) is -0.572. The fraction of sp³-hybridized carbons (Fsp3) is 0.421. The molecule has 6 heteroatoms. The fourth-order valence-electron chi connectivity index (χ4n) is 3.03. The van der Waals surface area contributed by atoms with Crippen LogP contribution in [0.2, 0.25) is 0 Å². The summed E-state index contributed by atoms with van der Waals surface area (Å²) < 4.78 is 19.7. The van der Waals surface area contributed by atoms with Gasteiger partial charge in [-0.05, 0) is 57.0 Å². The topological polar surface area (TPSA) is 65.7 Å². The smallest absolute Gasteiger partial charge is 0.251 e. The second-order valence-electron chi connectivity index (χ2n) is 6.73. The third-order valence-electron chi connectivity index (χ3n) is 4.52. The van der Waals surface area contributed by atoms with Gasteiger partial charge in [0.25, 0.3) is 5.91 Å². The molecule has 25 heavy (non-hydrogen) atoms. The lowest BCUT2D eigenvalue weighted by Gasteiger charge is -2.22. The van der Waals surface area contributed by atoms with Crippen molar-refractivity contribution in [3.05, 3.63) is 53.2 Å². The van der Waals surface area contributed by atoms with Gasteiger partial charge in [-0.3, -0.25) is 4.79 Å². The Labute approximate surface area is 146 Å². The minimum atomic E-state index is -1.34. The summed E-state index contributed by atoms with van der Waals surface area (Å²) >= 11 is 0. The number of hydrogen-bond donors (Lipinski definition) is 2. The normalized spacial score (nSPS) is 16.7. The van der Waals surface area contributed by atoms with E-state index in [0.29, 0.717) is 17.2 Å². The van der Waals surface area contributed by atoms with Crippen molar-refractivity contribution in [1.82, 2.24) is 5.32 Å². The lowest BCUT2D eigenvalue weighted by molar-refractivity contribution is 0.0323. The molecule has 1 aliphatic heterocycles. The van der Waals surface area contributed by atoms with Crippen LogP contribution in [0.1, 0.15) is 41.6 Å². The average molecular weight is 346 g/mol. The van der Waals surface area contributed by atoms with E-state index in [1.54, 1.807) is 38.1 Å². The number of nitrogens with one attached hydrogen (secondary N) is 1. The van der Waals surface area contributed by atoms with Crippen molar-refractivity contribution < 1.29 is 18.7 Å². The molecule has 1 aromatic carbocycles. The van der Waals surface area contributed by atoms with Crippen LogP contribution in [0, 0.1) is 12.7 Å². The number of benzene rings is 1. The molecule has 0 saturated carbocycles. The second kappa shape index (κ2) is 6.88. The SMILES string of the molecule is Cc1ccc(C(C)(O)CNC(=O)c2ccc(N3CCCC3)c(F)c2)o1. The van der Waals surface area contributed by atoms with Crippen LogP contribution >= 0.6 is 0 Å². The number of aryl methyl sites for hydroxylation is 1. The van der Waals surface area contributed by atoms with E-state index in [1.165, 1.54) is 6.07 Å². The fourth-order valence-corrected chi connectivity index (χ4v) is 3.03. The van der Waals surface area contributed by atoms with E-state index in [-0.39, 0.29) is 12.1 Å². The molecule has 3 rings (SSSR count). The molecule has 0 spiro atoms. The molecule has 0 radical (unpaired) electrons. The number of amides is 1. The number of carbonyl (C=O) groups is 1. The number of furan rings is 1. The van der Waals surface area contributed by atoms with Crippen molar-refractivity contribution in [2.45, 2.75) is 32.3 Å². The van der Waals surface area contributed by atoms with Crippen molar-refractivity contribution in [3.63, 3.8) is 0 Å². The zero-order valence-corrected chi connectivity index (χ0v) is 14.5. The number of nitrogens with zero attached hydrogens (tertiary/aromatic N) is 1. The quantitative estimate of drug-likeness (QED) is 0.874. The first kappa shape index (κ1) is 17.5. The molecule has 1 saturated heterocycles. The van der Waals surface area contributed by atoms with Crippen LogP contribution in [0.4, 0.5) is 10.1 Å². The molecule has 2 aromatic rings. The molecule has 1 amide bonds. The number of anilines is 1. The zero-order chi connectivity index (χ0) is 18.0. The Morgan fingerprint density at radius 2 is 2.04 bits per heavy atom. The Balaban J connectivity index is 1.66. The number of rotatable bonds is 5. The lowest BCUT2D eigenvalue weighted by Crippen LogP contribution is -2.38. The van der Waals surface area contributed by atoms with Crippen LogP contribution in [-0.4, -0.2) is 30.6 Å². The van der Waals surface area contributed by atoms with Crippen LogP contribution in [0.5, 0.6) is 0 Å². The van der Waals surface area contributed by atoms with Crippen LogP contribution in [0.3, 0.4) is 0 Å². The summed E-state index contributed by atoms with van der Waals surface area (Å²) in [5.74, 6) is 0.223. The van der Waals surface area contributed by atoms with Gasteiger partial charge in [0.05, 0.1) is 12.2 Å². The van der Waals surface area contributed by atoms with Gasteiger partial charge in [-0.15, -0.1) is 0 Å². The molecular formula is C19H23FN2O3. The minimum Gasteiger partial charge on any atom is -0.463 e. The maximum Gasteiger partial charge on any atom is 0.251 e. The van der Waals surface area contributed by atoms with E-state index >= 15 is 0 Å². The molecular weight excluding hydrogens is 323 g/mol. The molecule has 5 nitrogen and oxygen atoms in total. The summed E-state index contributed by atoms with van der Waals surface area (Å²) in [5, 5.41) is 13.1. The summed E-state index contributed by atoms with van der Waals surface area (Å²) in [6, 6.07) is 7.92. The highest BCUT2D eigenvalue weighted by Crippen LogP contribution is 2.25. The van der Waals surface area contributed by atoms with Gasteiger partial charge in [0, 0.05) is 18.7 Å². The Bertz CT molecular complexity index is 764. The van der Waals surface area contributed by atoms with E-state index in [1.807, 2.05) is 4.90 Å². The maximum absolute atomic E-state index is 14.3. The van der Waals surface area contributed by atoms with Gasteiger partial charge >= 0.3 is 0 Å². The van der Waals surface area contributed by atoms with Crippen molar-refractivity contribution in [3.8, 4) is 0 Å². The van der Waals surface area contributed by atoms with Crippen LogP contribution in [0.15, 0.2) is 34.7 Å². The third kappa shape index (κ3) is 3.85. The second-order valence-corrected chi connectivity index (χ2v) is 6.73. The van der Waals surface area contributed by atoms with E-state index < -0.39 is 17.3 Å². The first-order valence-electron chi connectivity index (χ1n) is 8.49. The predicted octanol–water partition coefficient (Wildman–Crippen LogP) is 2.96. The van der Waals surface area contributed by atoms with Gasteiger partial charge in [0.15, 0.2) is 0 Å². The first-order valence-corrected chi connectivity index (χ1v) is 8.49. The van der Waals surface area contributed by atoms with Crippen LogP contribution in [-0.2, 0) is 5.60 Å². The van der Waals surface area contributed by atoms with Crippen molar-refractivity contribution in [2.75, 3.05) is 24.5 Å². The molecule has 2 N–H and O–H groups in total. The molecule has 0 bridgehead atoms. The number of hydrogen-bond acceptors (Lipinski definition) is 4. The summed E-state index contributed by atoms with van der Waals surface area (Å²) in [6.45, 7) is 4.99. The molecule has 1 fully saturated rings. The Morgan fingerprint density at radius 3 is 2.64 bits per heavy atom. The monoisotopic (exact) mass is 346 g/mol. The molecule has 1 aromatic heterocycles. The molecule has 1 atom stereocenters. The van der Waals surface area contributed by atoms with Gasteiger partial charge in [0.1, 0.15) is 22.9 Å². The Kier molecular flexibility index (Phi) is 4.81. The van der Waals surface area contributed by atoms with E-state index in [2.05, 4.69) is 5.32 Å². The van der Waals surface area contributed by atoms with Gasteiger partial charge in [0.2, 0.25) is 0 Å². The maximum atomic E-state index is 14.3. The summed E-state index contributed by atoms with van der Waals surface area (Å²) in [6.07, 6.45) is 2.12. The van der Waals surface area contributed by atoms with Crippen LogP contribution < -0.4 is 10.2 Å². The van der Waals surface area contributed by atoms with Crippen molar-refractivity contribution in [2.24, 2.45) is 0 Å². The number of halogens is 1. The van der Waals surface area contributed by atoms with Gasteiger partial charge < -0.3 is 19.7 Å². The van der Waals surface area contributed by atoms with Gasteiger partial charge in [-0.2, -0.15) is 0 Å². The predicted molar refractivity (Wildman–Crippen MR) is 93.2 cm³/mol. The molecule has 2 heterocycles. The molecule has 0 aliphatic carbocycles. The zero-order valence-electron chi connectivity index (χ0n) is 14.5. The molecule has 134 valence electrons. The molecule has 1 aliphatic rings. The number of carbonyl (C=O) groups excluding carboxylic acids is 1. The Morgan fingerprint density at radius 1 is 1.32 bits per heavy atom. The minimum absolute atomic E-state index is 0.0335. The van der Waals surface area contributed by atoms with E-state index in [0.717, 1.165) is 25.9 Å². The lowest BCUT2D eigenvalue weighted by atomic mass is 10.0.